The van der Waals surface area contributed by atoms with Crippen molar-refractivity contribution < 1.29 is 13.2 Å². The highest BCUT2D eigenvalue weighted by Crippen LogP contribution is 2.19. The van der Waals surface area contributed by atoms with Crippen molar-refractivity contribution in [2.75, 3.05) is 7.05 Å². The number of benzene rings is 2. The van der Waals surface area contributed by atoms with Gasteiger partial charge in [-0.05, 0) is 49.2 Å². The second-order valence-corrected chi connectivity index (χ2v) is 7.95. The van der Waals surface area contributed by atoms with Crippen LogP contribution in [0.15, 0.2) is 59.5 Å². The van der Waals surface area contributed by atoms with E-state index in [1.54, 1.807) is 18.2 Å². The minimum Gasteiger partial charge on any atom is -0.350 e. The van der Waals surface area contributed by atoms with Gasteiger partial charge in [-0.25, -0.2) is 13.1 Å². The number of nitrogens with zero attached hydrogens (tertiary/aromatic N) is 1. The molecule has 0 spiro atoms. The van der Waals surface area contributed by atoms with Gasteiger partial charge in [-0.3, -0.25) is 4.79 Å². The fourth-order valence-corrected chi connectivity index (χ4v) is 3.70. The summed E-state index contributed by atoms with van der Waals surface area (Å²) in [5.41, 5.74) is 2.76. The van der Waals surface area contributed by atoms with E-state index in [0.29, 0.717) is 0 Å². The minimum absolute atomic E-state index is 0.128. The molecule has 26 heavy (non-hydrogen) atoms. The number of para-hydroxylation sites is 1. The lowest BCUT2D eigenvalue weighted by Crippen LogP contribution is -2.27. The lowest BCUT2D eigenvalue weighted by molar-refractivity contribution is -0.121. The standard InChI is InChI=1S/C19H21N3O3S/c1-14-10-16-7-3-4-9-18(16)22(14)13-19(23)21-12-15-6-5-8-17(11-15)26(24,25)20-2/h3-11,20H,12-13H2,1-2H3,(H,21,23). The van der Waals surface area contributed by atoms with Crippen LogP contribution in [0.4, 0.5) is 0 Å². The van der Waals surface area contributed by atoms with Crippen LogP contribution in [0.5, 0.6) is 0 Å². The summed E-state index contributed by atoms with van der Waals surface area (Å²) in [5.74, 6) is -0.128. The van der Waals surface area contributed by atoms with Gasteiger partial charge < -0.3 is 9.88 Å². The molecule has 1 aromatic heterocycles. The van der Waals surface area contributed by atoms with Crippen LogP contribution in [0.25, 0.3) is 10.9 Å². The summed E-state index contributed by atoms with van der Waals surface area (Å²) in [6.07, 6.45) is 0. The number of aromatic nitrogens is 1. The Balaban J connectivity index is 1.70. The largest absolute Gasteiger partial charge is 0.350 e. The first-order valence-corrected chi connectivity index (χ1v) is 9.73. The fourth-order valence-electron chi connectivity index (χ4n) is 2.90. The summed E-state index contributed by atoms with van der Waals surface area (Å²) in [6.45, 7) is 2.46. The molecule has 0 saturated heterocycles. The summed E-state index contributed by atoms with van der Waals surface area (Å²) in [7, 11) is -2.13. The van der Waals surface area contributed by atoms with Crippen LogP contribution in [-0.2, 0) is 27.9 Å². The first kappa shape index (κ1) is 18.2. The molecule has 3 rings (SSSR count). The Kier molecular flexibility index (Phi) is 5.11. The molecular formula is C19H21N3O3S. The monoisotopic (exact) mass is 371 g/mol. The van der Waals surface area contributed by atoms with Crippen molar-refractivity contribution >= 4 is 26.8 Å². The Morgan fingerprint density at radius 3 is 2.62 bits per heavy atom. The zero-order valence-corrected chi connectivity index (χ0v) is 15.5. The molecule has 0 aliphatic heterocycles. The molecule has 136 valence electrons. The van der Waals surface area contributed by atoms with E-state index in [1.165, 1.54) is 13.1 Å². The predicted octanol–water partition coefficient (Wildman–Crippen LogP) is 2.17. The molecule has 0 bridgehead atoms. The number of carbonyl (C=O) groups excluding carboxylic acids is 1. The van der Waals surface area contributed by atoms with Gasteiger partial charge >= 0.3 is 0 Å². The quantitative estimate of drug-likeness (QED) is 0.697. The van der Waals surface area contributed by atoms with E-state index < -0.39 is 10.0 Å². The molecule has 0 unspecified atom stereocenters. The number of nitrogens with one attached hydrogen (secondary N) is 2. The van der Waals surface area contributed by atoms with Crippen molar-refractivity contribution in [3.05, 3.63) is 65.9 Å². The van der Waals surface area contributed by atoms with Gasteiger partial charge in [0.05, 0.1) is 4.90 Å². The van der Waals surface area contributed by atoms with Gasteiger partial charge in [0.1, 0.15) is 6.54 Å². The van der Waals surface area contributed by atoms with Crippen LogP contribution in [0.2, 0.25) is 0 Å². The number of rotatable bonds is 6. The van der Waals surface area contributed by atoms with Crippen LogP contribution in [0, 0.1) is 6.92 Å². The molecule has 3 aromatic rings. The molecule has 1 amide bonds. The highest BCUT2D eigenvalue weighted by Gasteiger charge is 2.12. The smallest absolute Gasteiger partial charge is 0.240 e. The zero-order valence-electron chi connectivity index (χ0n) is 14.7. The Bertz CT molecular complexity index is 1050. The maximum atomic E-state index is 12.4. The molecule has 6 nitrogen and oxygen atoms in total. The second-order valence-electron chi connectivity index (χ2n) is 6.06. The van der Waals surface area contributed by atoms with Crippen LogP contribution >= 0.6 is 0 Å². The van der Waals surface area contributed by atoms with E-state index in [2.05, 4.69) is 16.1 Å². The van der Waals surface area contributed by atoms with Crippen molar-refractivity contribution in [1.82, 2.24) is 14.6 Å². The second kappa shape index (κ2) is 7.31. The molecule has 2 N–H and O–H groups in total. The molecule has 1 heterocycles. The molecule has 0 fully saturated rings. The number of hydrogen-bond donors (Lipinski definition) is 2. The van der Waals surface area contributed by atoms with Crippen molar-refractivity contribution in [3.63, 3.8) is 0 Å². The molecule has 0 radical (unpaired) electrons. The van der Waals surface area contributed by atoms with Gasteiger partial charge in [0.25, 0.3) is 0 Å². The average molecular weight is 371 g/mol. The maximum Gasteiger partial charge on any atom is 0.240 e. The van der Waals surface area contributed by atoms with Crippen molar-refractivity contribution in [3.8, 4) is 0 Å². The van der Waals surface area contributed by atoms with E-state index in [-0.39, 0.29) is 23.9 Å². The third-order valence-corrected chi connectivity index (χ3v) is 5.70. The Labute approximate surface area is 152 Å². The number of carbonyl (C=O) groups is 1. The van der Waals surface area contributed by atoms with E-state index in [4.69, 9.17) is 0 Å². The fraction of sp³-hybridized carbons (Fsp3) is 0.211. The minimum atomic E-state index is -3.50. The predicted molar refractivity (Wildman–Crippen MR) is 101 cm³/mol. The van der Waals surface area contributed by atoms with Crippen molar-refractivity contribution in [1.29, 1.82) is 0 Å². The van der Waals surface area contributed by atoms with Gasteiger partial charge in [-0.15, -0.1) is 0 Å². The third kappa shape index (κ3) is 3.79. The summed E-state index contributed by atoms with van der Waals surface area (Å²) in [6, 6.07) is 16.5. The number of sulfonamides is 1. The van der Waals surface area contributed by atoms with Crippen LogP contribution in [-0.4, -0.2) is 25.9 Å². The van der Waals surface area contributed by atoms with E-state index in [9.17, 15) is 13.2 Å². The summed E-state index contributed by atoms with van der Waals surface area (Å²) >= 11 is 0. The van der Waals surface area contributed by atoms with Crippen LogP contribution in [0.3, 0.4) is 0 Å². The first-order chi connectivity index (χ1) is 12.4. The molecule has 0 saturated carbocycles. The van der Waals surface area contributed by atoms with Crippen LogP contribution in [0.1, 0.15) is 11.3 Å². The average Bonchev–Trinajstić information content (AvgIpc) is 2.96. The van der Waals surface area contributed by atoms with Gasteiger partial charge in [-0.2, -0.15) is 0 Å². The third-order valence-electron chi connectivity index (χ3n) is 4.29. The van der Waals surface area contributed by atoms with Crippen molar-refractivity contribution in [2.45, 2.75) is 24.9 Å². The van der Waals surface area contributed by atoms with E-state index in [1.807, 2.05) is 35.8 Å². The van der Waals surface area contributed by atoms with Gasteiger partial charge in [0.15, 0.2) is 0 Å². The van der Waals surface area contributed by atoms with Gasteiger partial charge in [0, 0.05) is 17.8 Å². The first-order valence-electron chi connectivity index (χ1n) is 8.25. The molecule has 2 aromatic carbocycles. The number of hydrogen-bond acceptors (Lipinski definition) is 3. The highest BCUT2D eigenvalue weighted by atomic mass is 32.2. The molecule has 0 aliphatic carbocycles. The van der Waals surface area contributed by atoms with Gasteiger partial charge in [-0.1, -0.05) is 30.3 Å². The molecular weight excluding hydrogens is 350 g/mol. The summed E-state index contributed by atoms with van der Waals surface area (Å²) in [5, 5.41) is 3.95. The Hall–Kier alpha value is -2.64. The Morgan fingerprint density at radius 1 is 1.08 bits per heavy atom. The molecule has 0 aliphatic rings. The SMILES string of the molecule is CNS(=O)(=O)c1cccc(CNC(=O)Cn2c(C)cc3ccccc32)c1. The van der Waals surface area contributed by atoms with E-state index >= 15 is 0 Å². The topological polar surface area (TPSA) is 80.2 Å². The van der Waals surface area contributed by atoms with Crippen LogP contribution < -0.4 is 10.0 Å². The zero-order chi connectivity index (χ0) is 18.7. The normalized spacial score (nSPS) is 11.6. The lowest BCUT2D eigenvalue weighted by atomic mass is 10.2. The maximum absolute atomic E-state index is 12.4. The summed E-state index contributed by atoms with van der Waals surface area (Å²) < 4.78 is 28.0. The molecule has 7 heteroatoms. The lowest BCUT2D eigenvalue weighted by Gasteiger charge is -2.10. The van der Waals surface area contributed by atoms with Gasteiger partial charge in [0.2, 0.25) is 15.9 Å². The highest BCUT2D eigenvalue weighted by molar-refractivity contribution is 7.89. The number of aryl methyl sites for hydroxylation is 1. The molecule has 0 atom stereocenters. The Morgan fingerprint density at radius 2 is 1.85 bits per heavy atom. The summed E-state index contributed by atoms with van der Waals surface area (Å²) in [4.78, 5) is 12.5. The van der Waals surface area contributed by atoms with Crippen molar-refractivity contribution in [2.24, 2.45) is 0 Å². The van der Waals surface area contributed by atoms with E-state index in [0.717, 1.165) is 22.2 Å². The number of fused-ring (bicyclic) bond motifs is 1. The number of amides is 1.